The van der Waals surface area contributed by atoms with Gasteiger partial charge in [0.15, 0.2) is 14.6 Å². The number of sulfone groups is 1. The Morgan fingerprint density at radius 3 is 2.39 bits per heavy atom. The first kappa shape index (κ1) is 25.1. The maximum absolute atomic E-state index is 13.3. The zero-order chi connectivity index (χ0) is 24.1. The molecule has 1 heterocycles. The van der Waals surface area contributed by atoms with Gasteiger partial charge >= 0.3 is 0 Å². The molecule has 1 aromatic rings. The van der Waals surface area contributed by atoms with Crippen LogP contribution in [0.5, 0.6) is 0 Å². The Hall–Kier alpha value is -2.49. The summed E-state index contributed by atoms with van der Waals surface area (Å²) < 4.78 is 30.0. The van der Waals surface area contributed by atoms with Gasteiger partial charge in [0.25, 0.3) is 5.91 Å². The number of amides is 1. The van der Waals surface area contributed by atoms with Crippen molar-refractivity contribution in [3.05, 3.63) is 53.8 Å². The van der Waals surface area contributed by atoms with E-state index in [0.29, 0.717) is 25.7 Å². The van der Waals surface area contributed by atoms with Crippen molar-refractivity contribution < 1.29 is 28.0 Å². The number of hydrogen-bond donors (Lipinski definition) is 2. The molecule has 1 saturated heterocycles. The van der Waals surface area contributed by atoms with E-state index in [-0.39, 0.29) is 42.7 Å². The summed E-state index contributed by atoms with van der Waals surface area (Å²) in [6, 6.07) is 6.42. The van der Waals surface area contributed by atoms with Crippen LogP contribution >= 0.6 is 0 Å². The molecule has 9 heteroatoms. The summed E-state index contributed by atoms with van der Waals surface area (Å²) in [6.07, 6.45) is 8.47. The van der Waals surface area contributed by atoms with Crippen LogP contribution in [0.2, 0.25) is 0 Å². The lowest BCUT2D eigenvalue weighted by atomic mass is 9.91. The van der Waals surface area contributed by atoms with E-state index in [2.05, 4.69) is 6.08 Å². The van der Waals surface area contributed by atoms with Crippen LogP contribution in [0.4, 0.5) is 0 Å². The molecule has 2 aliphatic rings. The summed E-state index contributed by atoms with van der Waals surface area (Å²) in [7, 11) is -0.0899. The highest BCUT2D eigenvalue weighted by Crippen LogP contribution is 2.35. The molecule has 8 nitrogen and oxygen atoms in total. The number of ketones is 1. The number of benzene rings is 1. The monoisotopic (exact) mass is 476 g/mol. The lowest BCUT2D eigenvalue weighted by molar-refractivity contribution is -0.134. The molecule has 1 aliphatic carbocycles. The van der Waals surface area contributed by atoms with Crippen LogP contribution in [0, 0.1) is 5.92 Å². The number of hydrogen-bond acceptors (Lipinski definition) is 7. The van der Waals surface area contributed by atoms with Crippen molar-refractivity contribution in [3.8, 4) is 0 Å². The lowest BCUT2D eigenvalue weighted by Gasteiger charge is -2.34. The van der Waals surface area contributed by atoms with E-state index in [1.54, 1.807) is 12.1 Å². The van der Waals surface area contributed by atoms with Crippen LogP contribution in [0.3, 0.4) is 0 Å². The van der Waals surface area contributed by atoms with Gasteiger partial charge in [-0.1, -0.05) is 24.3 Å². The Morgan fingerprint density at radius 2 is 1.85 bits per heavy atom. The van der Waals surface area contributed by atoms with Crippen LogP contribution in [0.1, 0.15) is 37.7 Å². The van der Waals surface area contributed by atoms with Gasteiger partial charge in [0.2, 0.25) is 0 Å². The van der Waals surface area contributed by atoms with Gasteiger partial charge in [-0.25, -0.2) is 13.9 Å². The molecule has 1 fully saturated rings. The van der Waals surface area contributed by atoms with E-state index < -0.39 is 20.5 Å². The molecule has 0 radical (unpaired) electrons. The minimum Gasteiger partial charge on any atom is -0.381 e. The van der Waals surface area contributed by atoms with Crippen molar-refractivity contribution in [1.29, 1.82) is 0 Å². The van der Waals surface area contributed by atoms with Gasteiger partial charge in [-0.3, -0.25) is 14.8 Å². The molecule has 1 amide bonds. The van der Waals surface area contributed by atoms with E-state index in [0.717, 1.165) is 11.3 Å². The number of Topliss-reactive ketones (excluding diaryl/α,β-unsaturated/α-hetero) is 1. The van der Waals surface area contributed by atoms with Gasteiger partial charge in [-0.05, 0) is 55.9 Å². The predicted octanol–water partition coefficient (Wildman–Crippen LogP) is 2.43. The van der Waals surface area contributed by atoms with Gasteiger partial charge in [0, 0.05) is 45.3 Å². The molecule has 0 spiro atoms. The second-order valence-corrected chi connectivity index (χ2v) is 11.0. The third-order valence-electron chi connectivity index (χ3n) is 6.46. The van der Waals surface area contributed by atoms with Gasteiger partial charge < -0.3 is 9.64 Å². The summed E-state index contributed by atoms with van der Waals surface area (Å²) >= 11 is 0. The largest absolute Gasteiger partial charge is 0.381 e. The molecular formula is C24H32N2O6S. The topological polar surface area (TPSA) is 113 Å². The zero-order valence-corrected chi connectivity index (χ0v) is 19.9. The first-order valence-corrected chi connectivity index (χ1v) is 12.6. The van der Waals surface area contributed by atoms with Gasteiger partial charge in [-0.15, -0.1) is 0 Å². The Bertz CT molecular complexity index is 1020. The van der Waals surface area contributed by atoms with E-state index in [9.17, 15) is 18.0 Å². The van der Waals surface area contributed by atoms with E-state index >= 15 is 0 Å². The van der Waals surface area contributed by atoms with Crippen molar-refractivity contribution in [1.82, 2.24) is 10.4 Å². The van der Waals surface area contributed by atoms with Crippen LogP contribution < -0.4 is 5.48 Å². The zero-order valence-electron chi connectivity index (χ0n) is 19.1. The third kappa shape index (κ3) is 5.37. The smallest absolute Gasteiger partial charge is 0.265 e. The quantitative estimate of drug-likeness (QED) is 0.416. The fourth-order valence-electron chi connectivity index (χ4n) is 4.31. The van der Waals surface area contributed by atoms with Gasteiger partial charge in [0.1, 0.15) is 5.78 Å². The molecule has 1 unspecified atom stereocenters. The number of nitrogens with one attached hydrogen (secondary N) is 1. The number of rotatable bonds is 9. The molecule has 0 saturated carbocycles. The molecule has 33 heavy (non-hydrogen) atoms. The van der Waals surface area contributed by atoms with Crippen LogP contribution in [-0.4, -0.2) is 62.3 Å². The molecule has 0 aromatic heterocycles. The molecule has 3 rings (SSSR count). The van der Waals surface area contributed by atoms with Crippen molar-refractivity contribution in [2.45, 2.75) is 48.2 Å². The summed E-state index contributed by atoms with van der Waals surface area (Å²) in [5.41, 5.74) is 3.54. The van der Waals surface area contributed by atoms with Gasteiger partial charge in [0.05, 0.1) is 4.90 Å². The average molecular weight is 477 g/mol. The number of carbonyl (C=O) groups is 2. The number of likely N-dealkylation sites (N-methyl/N-ethyl adjacent to an activating group) is 1. The summed E-state index contributed by atoms with van der Waals surface area (Å²) in [6.45, 7) is 0.252. The molecule has 1 aliphatic heterocycles. The maximum atomic E-state index is 13.3. The standard InChI is InChI=1S/C24H32N2O6S/c1-26(2)20-10-8-19(9-11-20)22(27)5-3-4-18-6-12-21(13-7-18)33(30,31)24(23(28)25-29)14-16-32-17-15-24/h6-8,10-13,19,29H,3-5,9,14-17H2,1-2H3,(H,25,28). The Balaban J connectivity index is 1.59. The van der Waals surface area contributed by atoms with Crippen molar-refractivity contribution >= 4 is 21.5 Å². The minimum atomic E-state index is -4.03. The average Bonchev–Trinajstić information content (AvgIpc) is 2.84. The SMILES string of the molecule is CN(C)C1=CCC(C(=O)CCCc2ccc(S(=O)(=O)C3(C(=O)NO)CCOCC3)cc2)C=C1. The number of ether oxygens (including phenoxy) is 1. The number of hydroxylamine groups is 1. The fraction of sp³-hybridized carbons (Fsp3) is 0.500. The summed E-state index contributed by atoms with van der Waals surface area (Å²) in [5, 5.41) is 9.14. The highest BCUT2D eigenvalue weighted by molar-refractivity contribution is 7.93. The van der Waals surface area contributed by atoms with E-state index in [1.165, 1.54) is 17.6 Å². The number of aryl methyl sites for hydroxylation is 1. The molecule has 0 bridgehead atoms. The van der Waals surface area contributed by atoms with Crippen LogP contribution in [0.15, 0.2) is 53.1 Å². The first-order valence-electron chi connectivity index (χ1n) is 11.2. The third-order valence-corrected chi connectivity index (χ3v) is 8.98. The van der Waals surface area contributed by atoms with E-state index in [1.807, 2.05) is 31.1 Å². The second kappa shape index (κ2) is 10.6. The van der Waals surface area contributed by atoms with E-state index in [4.69, 9.17) is 9.94 Å². The second-order valence-electron chi connectivity index (χ2n) is 8.74. The highest BCUT2D eigenvalue weighted by atomic mass is 32.2. The minimum absolute atomic E-state index is 0.0214. The molecule has 1 aromatic carbocycles. The summed E-state index contributed by atoms with van der Waals surface area (Å²) in [4.78, 5) is 26.9. The molecule has 180 valence electrons. The Morgan fingerprint density at radius 1 is 1.18 bits per heavy atom. The normalized spacial score (nSPS) is 20.1. The van der Waals surface area contributed by atoms with Crippen LogP contribution in [0.25, 0.3) is 0 Å². The van der Waals surface area contributed by atoms with Crippen molar-refractivity contribution in [2.75, 3.05) is 27.3 Å². The molecule has 2 N–H and O–H groups in total. The van der Waals surface area contributed by atoms with Crippen molar-refractivity contribution in [2.24, 2.45) is 5.92 Å². The van der Waals surface area contributed by atoms with Crippen LogP contribution in [-0.2, 0) is 30.6 Å². The lowest BCUT2D eigenvalue weighted by Crippen LogP contribution is -2.54. The maximum Gasteiger partial charge on any atom is 0.265 e. The number of nitrogens with zero attached hydrogens (tertiary/aromatic N) is 1. The van der Waals surface area contributed by atoms with Crippen molar-refractivity contribution in [3.63, 3.8) is 0 Å². The van der Waals surface area contributed by atoms with Gasteiger partial charge in [-0.2, -0.15) is 0 Å². The predicted molar refractivity (Wildman–Crippen MR) is 123 cm³/mol. The molecular weight excluding hydrogens is 444 g/mol. The molecule has 1 atom stereocenters. The first-order chi connectivity index (χ1) is 15.7. The Labute approximate surface area is 195 Å². The fourth-order valence-corrected chi connectivity index (χ4v) is 6.25. The summed E-state index contributed by atoms with van der Waals surface area (Å²) in [5.74, 6) is -0.816. The number of allylic oxidation sites excluding steroid dienone is 3. The number of carbonyl (C=O) groups excluding carboxylic acids is 2. The highest BCUT2D eigenvalue weighted by Gasteiger charge is 2.52. The Kier molecular flexibility index (Phi) is 8.10.